The highest BCUT2D eigenvalue weighted by Gasteiger charge is 2.28. The number of benzene rings is 2. The number of likely N-dealkylation sites (N-methyl/N-ethyl adjacent to an activating group) is 1. The van der Waals surface area contributed by atoms with Gasteiger partial charge in [-0.15, -0.1) is 0 Å². The van der Waals surface area contributed by atoms with Crippen molar-refractivity contribution in [3.63, 3.8) is 0 Å². The average molecular weight is 337 g/mol. The van der Waals surface area contributed by atoms with Crippen molar-refractivity contribution >= 4 is 17.5 Å². The van der Waals surface area contributed by atoms with E-state index in [1.165, 1.54) is 4.90 Å². The highest BCUT2D eigenvalue weighted by molar-refractivity contribution is 6.34. The average Bonchev–Trinajstić information content (AvgIpc) is 2.68. The molecule has 0 spiro atoms. The first-order valence-electron chi connectivity index (χ1n) is 8.53. The van der Waals surface area contributed by atoms with Gasteiger partial charge in [0.1, 0.15) is 0 Å². The van der Waals surface area contributed by atoms with Crippen LogP contribution in [0.4, 0.5) is 5.69 Å². The van der Waals surface area contributed by atoms with Crippen molar-refractivity contribution in [3.8, 4) is 0 Å². The molecule has 2 aromatic rings. The van der Waals surface area contributed by atoms with Gasteiger partial charge in [0.15, 0.2) is 0 Å². The number of para-hydroxylation sites is 1. The van der Waals surface area contributed by atoms with E-state index in [0.29, 0.717) is 19.6 Å². The molecule has 0 atom stereocenters. The molecule has 0 radical (unpaired) electrons. The van der Waals surface area contributed by atoms with Crippen LogP contribution in [-0.2, 0) is 16.1 Å². The summed E-state index contributed by atoms with van der Waals surface area (Å²) >= 11 is 0. The van der Waals surface area contributed by atoms with Gasteiger partial charge < -0.3 is 14.7 Å². The van der Waals surface area contributed by atoms with Crippen LogP contribution in [0.3, 0.4) is 0 Å². The Hall–Kier alpha value is -2.82. The summed E-state index contributed by atoms with van der Waals surface area (Å²) in [5.74, 6) is -0.858. The zero-order valence-corrected chi connectivity index (χ0v) is 14.5. The standard InChI is InChI=1S/C20H23N3O2/c1-21(16-17-8-4-2-5-9-17)19(24)20(25)23-14-12-22(13-15-23)18-10-6-3-7-11-18/h2-11H,12-16H2,1H3. The van der Waals surface area contributed by atoms with Crippen LogP contribution >= 0.6 is 0 Å². The third-order valence-electron chi connectivity index (χ3n) is 4.48. The lowest BCUT2D eigenvalue weighted by molar-refractivity contribution is -0.151. The number of amides is 2. The summed E-state index contributed by atoms with van der Waals surface area (Å²) in [6, 6.07) is 19.8. The van der Waals surface area contributed by atoms with Crippen molar-refractivity contribution in [2.75, 3.05) is 38.1 Å². The van der Waals surface area contributed by atoms with E-state index < -0.39 is 11.8 Å². The number of nitrogens with zero attached hydrogens (tertiary/aromatic N) is 3. The molecule has 130 valence electrons. The molecule has 25 heavy (non-hydrogen) atoms. The predicted octanol–water partition coefficient (Wildman–Crippen LogP) is 1.99. The number of carbonyl (C=O) groups is 2. The van der Waals surface area contributed by atoms with E-state index in [2.05, 4.69) is 17.0 Å². The van der Waals surface area contributed by atoms with Gasteiger partial charge in [-0.05, 0) is 17.7 Å². The molecule has 2 aromatic carbocycles. The SMILES string of the molecule is CN(Cc1ccccc1)C(=O)C(=O)N1CCN(c2ccccc2)CC1. The Morgan fingerprint density at radius 1 is 0.880 bits per heavy atom. The summed E-state index contributed by atoms with van der Waals surface area (Å²) < 4.78 is 0. The number of rotatable bonds is 3. The molecule has 2 amide bonds. The van der Waals surface area contributed by atoms with Crippen LogP contribution < -0.4 is 4.90 Å². The van der Waals surface area contributed by atoms with Crippen molar-refractivity contribution in [1.82, 2.24) is 9.80 Å². The van der Waals surface area contributed by atoms with Gasteiger partial charge in [0.05, 0.1) is 0 Å². The minimum absolute atomic E-state index is 0.411. The minimum Gasteiger partial charge on any atom is -0.368 e. The Bertz CT molecular complexity index is 710. The first-order chi connectivity index (χ1) is 12.1. The molecule has 0 aliphatic carbocycles. The summed E-state index contributed by atoms with van der Waals surface area (Å²) in [4.78, 5) is 30.3. The molecule has 0 N–H and O–H groups in total. The maximum absolute atomic E-state index is 12.5. The first kappa shape index (κ1) is 17.0. The molecule has 3 rings (SSSR count). The first-order valence-corrected chi connectivity index (χ1v) is 8.53. The van der Waals surface area contributed by atoms with E-state index >= 15 is 0 Å². The van der Waals surface area contributed by atoms with Crippen LogP contribution in [0, 0.1) is 0 Å². The van der Waals surface area contributed by atoms with Crippen LogP contribution in [0.1, 0.15) is 5.56 Å². The van der Waals surface area contributed by atoms with Crippen LogP contribution in [-0.4, -0.2) is 54.8 Å². The third kappa shape index (κ3) is 4.18. The predicted molar refractivity (Wildman–Crippen MR) is 98.2 cm³/mol. The van der Waals surface area contributed by atoms with Gasteiger partial charge >= 0.3 is 11.8 Å². The number of hydrogen-bond donors (Lipinski definition) is 0. The van der Waals surface area contributed by atoms with E-state index in [4.69, 9.17) is 0 Å². The Labute approximate surface area is 148 Å². The van der Waals surface area contributed by atoms with Crippen molar-refractivity contribution in [2.45, 2.75) is 6.54 Å². The van der Waals surface area contributed by atoms with E-state index in [-0.39, 0.29) is 0 Å². The normalized spacial score (nSPS) is 14.3. The summed E-state index contributed by atoms with van der Waals surface area (Å²) in [5.41, 5.74) is 2.17. The van der Waals surface area contributed by atoms with Crippen LogP contribution in [0.25, 0.3) is 0 Å². The van der Waals surface area contributed by atoms with E-state index in [9.17, 15) is 9.59 Å². The van der Waals surface area contributed by atoms with Gasteiger partial charge in [-0.2, -0.15) is 0 Å². The van der Waals surface area contributed by atoms with Gasteiger partial charge in [-0.1, -0.05) is 48.5 Å². The number of piperazine rings is 1. The second-order valence-electron chi connectivity index (χ2n) is 6.26. The third-order valence-corrected chi connectivity index (χ3v) is 4.48. The smallest absolute Gasteiger partial charge is 0.312 e. The van der Waals surface area contributed by atoms with Crippen molar-refractivity contribution in [3.05, 3.63) is 66.2 Å². The van der Waals surface area contributed by atoms with Crippen LogP contribution in [0.15, 0.2) is 60.7 Å². The highest BCUT2D eigenvalue weighted by Crippen LogP contribution is 2.16. The Balaban J connectivity index is 1.54. The lowest BCUT2D eigenvalue weighted by atomic mass is 10.2. The fourth-order valence-corrected chi connectivity index (χ4v) is 3.03. The molecular weight excluding hydrogens is 314 g/mol. The zero-order chi connectivity index (χ0) is 17.6. The quantitative estimate of drug-likeness (QED) is 0.805. The fraction of sp³-hybridized carbons (Fsp3) is 0.300. The molecule has 5 nitrogen and oxygen atoms in total. The van der Waals surface area contributed by atoms with Gasteiger partial charge in [-0.3, -0.25) is 9.59 Å². The molecule has 1 aliphatic rings. The van der Waals surface area contributed by atoms with Crippen molar-refractivity contribution in [1.29, 1.82) is 0 Å². The summed E-state index contributed by atoms with van der Waals surface area (Å²) in [7, 11) is 1.67. The Kier molecular flexibility index (Phi) is 5.33. The number of hydrogen-bond acceptors (Lipinski definition) is 3. The molecular formula is C20H23N3O2. The Morgan fingerprint density at radius 3 is 2.04 bits per heavy atom. The van der Waals surface area contributed by atoms with Crippen molar-refractivity contribution in [2.24, 2.45) is 0 Å². The topological polar surface area (TPSA) is 43.9 Å². The van der Waals surface area contributed by atoms with E-state index in [1.54, 1.807) is 11.9 Å². The number of carbonyl (C=O) groups excluding carboxylic acids is 2. The molecule has 0 unspecified atom stereocenters. The Morgan fingerprint density at radius 2 is 1.44 bits per heavy atom. The maximum atomic E-state index is 12.5. The zero-order valence-electron chi connectivity index (χ0n) is 14.5. The summed E-state index contributed by atoms with van der Waals surface area (Å²) in [6.07, 6.45) is 0. The molecule has 0 bridgehead atoms. The molecule has 1 fully saturated rings. The second kappa shape index (κ2) is 7.83. The lowest BCUT2D eigenvalue weighted by Gasteiger charge is -2.36. The maximum Gasteiger partial charge on any atom is 0.312 e. The van der Waals surface area contributed by atoms with Gasteiger partial charge in [0, 0.05) is 45.5 Å². The van der Waals surface area contributed by atoms with E-state index in [0.717, 1.165) is 24.3 Å². The minimum atomic E-state index is -0.447. The molecule has 0 saturated carbocycles. The molecule has 5 heteroatoms. The van der Waals surface area contributed by atoms with Gasteiger partial charge in [0.2, 0.25) is 0 Å². The molecule has 0 aromatic heterocycles. The molecule has 1 saturated heterocycles. The highest BCUT2D eigenvalue weighted by atomic mass is 16.2. The molecule has 1 heterocycles. The second-order valence-corrected chi connectivity index (χ2v) is 6.26. The van der Waals surface area contributed by atoms with Crippen LogP contribution in [0.2, 0.25) is 0 Å². The molecule has 1 aliphatic heterocycles. The summed E-state index contributed by atoms with van der Waals surface area (Å²) in [5, 5.41) is 0. The number of anilines is 1. The van der Waals surface area contributed by atoms with Gasteiger partial charge in [0.25, 0.3) is 0 Å². The lowest BCUT2D eigenvalue weighted by Crippen LogP contribution is -2.52. The fourth-order valence-electron chi connectivity index (χ4n) is 3.03. The summed E-state index contributed by atoms with van der Waals surface area (Å²) in [6.45, 7) is 3.06. The van der Waals surface area contributed by atoms with E-state index in [1.807, 2.05) is 48.5 Å². The monoisotopic (exact) mass is 337 g/mol. The van der Waals surface area contributed by atoms with Crippen molar-refractivity contribution < 1.29 is 9.59 Å². The largest absolute Gasteiger partial charge is 0.368 e. The van der Waals surface area contributed by atoms with Gasteiger partial charge in [-0.25, -0.2) is 0 Å². The van der Waals surface area contributed by atoms with Crippen LogP contribution in [0.5, 0.6) is 0 Å².